The average Bonchev–Trinajstić information content (AvgIpc) is 2.36. The van der Waals surface area contributed by atoms with E-state index in [1.165, 1.54) is 0 Å². The number of rotatable bonds is 2. The Labute approximate surface area is 97.6 Å². The first-order chi connectivity index (χ1) is 8.15. The number of aromatic nitrogens is 1. The van der Waals surface area contributed by atoms with Gasteiger partial charge in [0.2, 0.25) is 5.82 Å². The van der Waals surface area contributed by atoms with Crippen molar-refractivity contribution in [2.45, 2.75) is 19.4 Å². The van der Waals surface area contributed by atoms with Gasteiger partial charge in [0.25, 0.3) is 5.95 Å². The first kappa shape index (κ1) is 12.2. The number of anilines is 1. The van der Waals surface area contributed by atoms with Crippen molar-refractivity contribution in [1.29, 1.82) is 0 Å². The van der Waals surface area contributed by atoms with Crippen LogP contribution >= 0.6 is 0 Å². The molecule has 1 aromatic heterocycles. The summed E-state index contributed by atoms with van der Waals surface area (Å²) in [7, 11) is 0. The summed E-state index contributed by atoms with van der Waals surface area (Å²) in [6.45, 7) is 3.83. The number of hydrogen-bond acceptors (Lipinski definition) is 3. The monoisotopic (exact) mass is 244 g/mol. The fraction of sp³-hybridized carbons (Fsp3) is 0.545. The van der Waals surface area contributed by atoms with Gasteiger partial charge in [-0.25, -0.2) is 9.37 Å². The van der Waals surface area contributed by atoms with Gasteiger partial charge in [-0.15, -0.1) is 0 Å². The molecule has 1 radical (unpaired) electrons. The SMILES string of the molecule is CCC1CNCCN1c1[c]nc(F)c(F)c1F. The van der Waals surface area contributed by atoms with Crippen molar-refractivity contribution in [2.24, 2.45) is 0 Å². The number of pyridine rings is 1. The van der Waals surface area contributed by atoms with Crippen LogP contribution in [0.4, 0.5) is 18.9 Å². The smallest absolute Gasteiger partial charge is 0.252 e. The highest BCUT2D eigenvalue weighted by Gasteiger charge is 2.26. The molecule has 1 aliphatic rings. The maximum atomic E-state index is 13.6. The van der Waals surface area contributed by atoms with Gasteiger partial charge in [-0.2, -0.15) is 8.78 Å². The third-order valence-electron chi connectivity index (χ3n) is 2.95. The molecule has 0 aromatic carbocycles. The van der Waals surface area contributed by atoms with Crippen LogP contribution in [-0.4, -0.2) is 30.7 Å². The zero-order valence-corrected chi connectivity index (χ0v) is 9.43. The van der Waals surface area contributed by atoms with Gasteiger partial charge in [-0.3, -0.25) is 0 Å². The third kappa shape index (κ3) is 2.22. The summed E-state index contributed by atoms with van der Waals surface area (Å²) < 4.78 is 39.4. The summed E-state index contributed by atoms with van der Waals surface area (Å²) in [5.41, 5.74) is -0.0859. The Morgan fingerprint density at radius 1 is 1.41 bits per heavy atom. The molecule has 0 saturated carbocycles. The minimum Gasteiger partial charge on any atom is -0.362 e. The van der Waals surface area contributed by atoms with Crippen molar-refractivity contribution >= 4 is 5.69 Å². The molecule has 2 heterocycles. The van der Waals surface area contributed by atoms with Crippen LogP contribution in [0.1, 0.15) is 13.3 Å². The molecule has 1 fully saturated rings. The lowest BCUT2D eigenvalue weighted by Gasteiger charge is -2.37. The Morgan fingerprint density at radius 2 is 2.18 bits per heavy atom. The Hall–Kier alpha value is -1.30. The molecule has 17 heavy (non-hydrogen) atoms. The summed E-state index contributed by atoms with van der Waals surface area (Å²) >= 11 is 0. The highest BCUT2D eigenvalue weighted by Crippen LogP contribution is 2.24. The maximum Gasteiger partial charge on any atom is 0.252 e. The second-order valence-electron chi connectivity index (χ2n) is 3.95. The highest BCUT2D eigenvalue weighted by molar-refractivity contribution is 5.46. The van der Waals surface area contributed by atoms with E-state index in [1.54, 1.807) is 4.90 Å². The van der Waals surface area contributed by atoms with Crippen LogP contribution < -0.4 is 10.2 Å². The Bertz CT molecular complexity index is 411. The van der Waals surface area contributed by atoms with Gasteiger partial charge in [0.15, 0.2) is 5.82 Å². The van der Waals surface area contributed by atoms with Gasteiger partial charge in [0.1, 0.15) is 11.9 Å². The van der Waals surface area contributed by atoms with E-state index < -0.39 is 17.6 Å². The van der Waals surface area contributed by atoms with Crippen molar-refractivity contribution in [3.63, 3.8) is 0 Å². The molecule has 3 nitrogen and oxygen atoms in total. The number of halogens is 3. The standard InChI is InChI=1S/C11H13F3N3/c1-2-7-5-15-3-4-17(7)8-6-16-11(14)10(13)9(8)12/h7,15H,2-5H2,1H3. The van der Waals surface area contributed by atoms with Gasteiger partial charge in [-0.1, -0.05) is 6.92 Å². The second kappa shape index (κ2) is 4.91. The van der Waals surface area contributed by atoms with E-state index in [2.05, 4.69) is 16.5 Å². The predicted molar refractivity (Wildman–Crippen MR) is 57.2 cm³/mol. The van der Waals surface area contributed by atoms with Crippen molar-refractivity contribution in [1.82, 2.24) is 10.3 Å². The van der Waals surface area contributed by atoms with E-state index in [-0.39, 0.29) is 11.7 Å². The minimum atomic E-state index is -1.54. The van der Waals surface area contributed by atoms with E-state index in [1.807, 2.05) is 6.92 Å². The molecule has 1 aliphatic heterocycles. The normalized spacial score (nSPS) is 20.7. The molecular weight excluding hydrogens is 231 g/mol. The quantitative estimate of drug-likeness (QED) is 0.799. The fourth-order valence-electron chi connectivity index (χ4n) is 2.01. The molecule has 0 spiro atoms. The zero-order valence-electron chi connectivity index (χ0n) is 9.43. The lowest BCUT2D eigenvalue weighted by atomic mass is 10.1. The molecular formula is C11H13F3N3. The molecule has 6 heteroatoms. The number of nitrogens with one attached hydrogen (secondary N) is 1. The molecule has 0 amide bonds. The van der Waals surface area contributed by atoms with Crippen LogP contribution in [0, 0.1) is 23.8 Å². The van der Waals surface area contributed by atoms with Crippen LogP contribution in [0.15, 0.2) is 0 Å². The summed E-state index contributed by atoms with van der Waals surface area (Å²) in [6.07, 6.45) is 3.02. The zero-order chi connectivity index (χ0) is 12.4. The summed E-state index contributed by atoms with van der Waals surface area (Å²) in [5, 5.41) is 3.16. The van der Waals surface area contributed by atoms with Crippen molar-refractivity contribution < 1.29 is 13.2 Å². The minimum absolute atomic E-state index is 0.0427. The summed E-state index contributed by atoms with van der Waals surface area (Å²) in [4.78, 5) is 4.80. The molecule has 93 valence electrons. The van der Waals surface area contributed by atoms with E-state index >= 15 is 0 Å². The third-order valence-corrected chi connectivity index (χ3v) is 2.95. The summed E-state index contributed by atoms with van der Waals surface area (Å²) in [6, 6.07) is 0.0427. The van der Waals surface area contributed by atoms with Crippen LogP contribution in [0.3, 0.4) is 0 Å². The van der Waals surface area contributed by atoms with E-state index in [9.17, 15) is 13.2 Å². The van der Waals surface area contributed by atoms with Crippen LogP contribution in [0.2, 0.25) is 0 Å². The molecule has 0 aliphatic carbocycles. The lowest BCUT2D eigenvalue weighted by molar-refractivity contribution is 0.413. The summed E-state index contributed by atoms with van der Waals surface area (Å²) in [5.74, 6) is -4.19. The maximum absolute atomic E-state index is 13.6. The molecule has 2 rings (SSSR count). The fourth-order valence-corrected chi connectivity index (χ4v) is 2.01. The average molecular weight is 244 g/mol. The molecule has 1 N–H and O–H groups in total. The Morgan fingerprint density at radius 3 is 2.88 bits per heavy atom. The van der Waals surface area contributed by atoms with Crippen LogP contribution in [-0.2, 0) is 0 Å². The topological polar surface area (TPSA) is 28.2 Å². The largest absolute Gasteiger partial charge is 0.362 e. The van der Waals surface area contributed by atoms with E-state index in [4.69, 9.17) is 0 Å². The first-order valence-corrected chi connectivity index (χ1v) is 5.54. The van der Waals surface area contributed by atoms with Gasteiger partial charge < -0.3 is 10.2 Å². The molecule has 1 atom stereocenters. The number of nitrogens with zero attached hydrogens (tertiary/aromatic N) is 2. The number of hydrogen-bond donors (Lipinski definition) is 1. The van der Waals surface area contributed by atoms with Gasteiger partial charge in [-0.05, 0) is 6.42 Å². The number of piperazine rings is 1. The Kier molecular flexibility index (Phi) is 3.51. The molecule has 1 aromatic rings. The van der Waals surface area contributed by atoms with E-state index in [0.29, 0.717) is 19.6 Å². The van der Waals surface area contributed by atoms with Gasteiger partial charge in [0, 0.05) is 25.7 Å². The Balaban J connectivity index is 2.35. The van der Waals surface area contributed by atoms with Crippen molar-refractivity contribution in [2.75, 3.05) is 24.5 Å². The van der Waals surface area contributed by atoms with Crippen LogP contribution in [0.5, 0.6) is 0 Å². The second-order valence-corrected chi connectivity index (χ2v) is 3.95. The van der Waals surface area contributed by atoms with Gasteiger partial charge in [0.05, 0.1) is 0 Å². The van der Waals surface area contributed by atoms with E-state index in [0.717, 1.165) is 6.42 Å². The molecule has 0 bridgehead atoms. The van der Waals surface area contributed by atoms with Crippen molar-refractivity contribution in [3.8, 4) is 0 Å². The lowest BCUT2D eigenvalue weighted by Crippen LogP contribution is -2.51. The molecule has 1 saturated heterocycles. The predicted octanol–water partition coefficient (Wildman–Crippen LogP) is 1.49. The first-order valence-electron chi connectivity index (χ1n) is 5.54. The van der Waals surface area contributed by atoms with Crippen LogP contribution in [0.25, 0.3) is 0 Å². The highest BCUT2D eigenvalue weighted by atomic mass is 19.2. The van der Waals surface area contributed by atoms with Gasteiger partial charge >= 0.3 is 0 Å². The molecule has 1 unspecified atom stereocenters. The van der Waals surface area contributed by atoms with Crippen molar-refractivity contribution in [3.05, 3.63) is 23.8 Å².